The van der Waals surface area contributed by atoms with E-state index in [1.807, 2.05) is 0 Å². The molecule has 0 aliphatic carbocycles. The lowest BCUT2D eigenvalue weighted by atomic mass is 10.1. The maximum atomic E-state index is 11.4. The summed E-state index contributed by atoms with van der Waals surface area (Å²) in [6.45, 7) is 2.61. The van der Waals surface area contributed by atoms with Crippen molar-refractivity contribution < 1.29 is 34.4 Å². The summed E-state index contributed by atoms with van der Waals surface area (Å²) in [5, 5.41) is 26.5. The maximum absolute atomic E-state index is 11.4. The van der Waals surface area contributed by atoms with Crippen LogP contribution in [0.5, 0.6) is 0 Å². The Labute approximate surface area is 108 Å². The van der Waals surface area contributed by atoms with E-state index >= 15 is 0 Å². The van der Waals surface area contributed by atoms with Crippen LogP contribution in [0, 0.1) is 0 Å². The van der Waals surface area contributed by atoms with E-state index in [0.717, 1.165) is 18.7 Å². The van der Waals surface area contributed by atoms with E-state index in [-0.39, 0.29) is 5.75 Å². The molecule has 18 heavy (non-hydrogen) atoms. The number of carboxylic acids is 2. The number of hydrogen-bond acceptors (Lipinski definition) is 6. The minimum Gasteiger partial charge on any atom is -0.481 e. The first-order valence-electron chi connectivity index (χ1n) is 5.22. The number of carbonyl (C=O) groups excluding carboxylic acids is 1. The molecular formula is C10H16O7S. The van der Waals surface area contributed by atoms with Crippen molar-refractivity contribution >= 4 is 29.7 Å². The molecule has 0 aliphatic heterocycles. The fourth-order valence-corrected chi connectivity index (χ4v) is 1.78. The van der Waals surface area contributed by atoms with Crippen molar-refractivity contribution in [3.8, 4) is 0 Å². The Balaban J connectivity index is 4.53. The van der Waals surface area contributed by atoms with Gasteiger partial charge in [-0.2, -0.15) is 0 Å². The lowest BCUT2D eigenvalue weighted by molar-refractivity contribution is -0.179. The van der Waals surface area contributed by atoms with Gasteiger partial charge in [-0.3, -0.25) is 4.79 Å². The standard InChI is InChI=1S/C10H16O7S/c1-3-4-7(18-5-6(11)12)17-9(15)10(2,16)8(13)14/h7,16H,3-5H2,1-2H3,(H,11,12)(H,13,14). The molecule has 0 aromatic carbocycles. The molecule has 104 valence electrons. The number of carbonyl (C=O) groups is 3. The molecule has 0 fully saturated rings. The van der Waals surface area contributed by atoms with E-state index in [2.05, 4.69) is 0 Å². The molecule has 8 heteroatoms. The summed E-state index contributed by atoms with van der Waals surface area (Å²) in [6, 6.07) is 0. The second-order valence-electron chi connectivity index (χ2n) is 3.71. The summed E-state index contributed by atoms with van der Waals surface area (Å²) in [4.78, 5) is 32.4. The van der Waals surface area contributed by atoms with Crippen LogP contribution in [0.1, 0.15) is 26.7 Å². The van der Waals surface area contributed by atoms with Gasteiger partial charge in [-0.1, -0.05) is 13.3 Å². The number of rotatable bonds is 8. The summed E-state index contributed by atoms with van der Waals surface area (Å²) in [5.41, 5.74) is -3.42. The zero-order valence-electron chi connectivity index (χ0n) is 10.1. The van der Waals surface area contributed by atoms with Crippen LogP contribution in [0.4, 0.5) is 0 Å². The Morgan fingerprint density at radius 3 is 2.28 bits per heavy atom. The van der Waals surface area contributed by atoms with Crippen molar-refractivity contribution in [3.63, 3.8) is 0 Å². The van der Waals surface area contributed by atoms with Crippen molar-refractivity contribution in [1.29, 1.82) is 0 Å². The third-order valence-electron chi connectivity index (χ3n) is 1.97. The van der Waals surface area contributed by atoms with Crippen molar-refractivity contribution in [2.45, 2.75) is 37.7 Å². The van der Waals surface area contributed by atoms with Crippen LogP contribution in [0.25, 0.3) is 0 Å². The molecule has 0 aromatic rings. The smallest absolute Gasteiger partial charge is 0.350 e. The third-order valence-corrected chi connectivity index (χ3v) is 3.09. The summed E-state index contributed by atoms with van der Waals surface area (Å²) >= 11 is 0.864. The highest BCUT2D eigenvalue weighted by Crippen LogP contribution is 2.20. The lowest BCUT2D eigenvalue weighted by Gasteiger charge is -2.21. The molecule has 0 radical (unpaired) electrons. The van der Waals surface area contributed by atoms with Crippen LogP contribution in [0.3, 0.4) is 0 Å². The van der Waals surface area contributed by atoms with Crippen molar-refractivity contribution in [1.82, 2.24) is 0 Å². The third kappa shape index (κ3) is 5.37. The molecule has 7 nitrogen and oxygen atoms in total. The van der Waals surface area contributed by atoms with Crippen LogP contribution >= 0.6 is 11.8 Å². The topological polar surface area (TPSA) is 121 Å². The first-order valence-corrected chi connectivity index (χ1v) is 6.27. The van der Waals surface area contributed by atoms with Crippen molar-refractivity contribution in [2.75, 3.05) is 5.75 Å². The number of carboxylic acid groups (broad SMARTS) is 2. The quantitative estimate of drug-likeness (QED) is 0.330. The fourth-order valence-electron chi connectivity index (χ4n) is 0.898. The number of aliphatic hydroxyl groups is 1. The van der Waals surface area contributed by atoms with Gasteiger partial charge in [-0.15, -0.1) is 11.8 Å². The van der Waals surface area contributed by atoms with Crippen molar-refractivity contribution in [2.24, 2.45) is 0 Å². The molecule has 0 amide bonds. The van der Waals surface area contributed by atoms with E-state index in [4.69, 9.17) is 14.9 Å². The van der Waals surface area contributed by atoms with Crippen LogP contribution in [-0.2, 0) is 19.1 Å². The van der Waals surface area contributed by atoms with Gasteiger partial charge in [0.05, 0.1) is 5.75 Å². The number of esters is 1. The van der Waals surface area contributed by atoms with Gasteiger partial charge >= 0.3 is 17.9 Å². The minimum absolute atomic E-state index is 0.271. The first-order chi connectivity index (χ1) is 8.21. The number of hydrogen-bond donors (Lipinski definition) is 3. The molecular weight excluding hydrogens is 264 g/mol. The summed E-state index contributed by atoms with van der Waals surface area (Å²) in [6.07, 6.45) is 0.999. The molecule has 0 rings (SSSR count). The summed E-state index contributed by atoms with van der Waals surface area (Å²) in [7, 11) is 0. The zero-order chi connectivity index (χ0) is 14.3. The molecule has 0 heterocycles. The van der Waals surface area contributed by atoms with Gasteiger partial charge in [0.1, 0.15) is 5.44 Å². The SMILES string of the molecule is CCCC(OC(=O)C(C)(O)C(=O)O)SCC(=O)O. The predicted octanol–water partition coefficient (Wildman–Crippen LogP) is 0.309. The van der Waals surface area contributed by atoms with Gasteiger partial charge in [0.25, 0.3) is 5.60 Å². The molecule has 2 atom stereocenters. The van der Waals surface area contributed by atoms with Gasteiger partial charge in [-0.05, 0) is 13.3 Å². The minimum atomic E-state index is -2.63. The normalized spacial score (nSPS) is 15.5. The van der Waals surface area contributed by atoms with Crippen LogP contribution in [0.15, 0.2) is 0 Å². The van der Waals surface area contributed by atoms with E-state index < -0.39 is 28.9 Å². The maximum Gasteiger partial charge on any atom is 0.350 e. The highest BCUT2D eigenvalue weighted by Gasteiger charge is 2.42. The van der Waals surface area contributed by atoms with Crippen LogP contribution in [0.2, 0.25) is 0 Å². The summed E-state index contributed by atoms with van der Waals surface area (Å²) < 4.78 is 4.80. The lowest BCUT2D eigenvalue weighted by Crippen LogP contribution is -2.45. The number of aliphatic carboxylic acids is 2. The molecule has 0 bridgehead atoms. The predicted molar refractivity (Wildman–Crippen MR) is 63.1 cm³/mol. The molecule has 0 aliphatic rings. The van der Waals surface area contributed by atoms with Gasteiger partial charge in [0, 0.05) is 0 Å². The molecule has 0 aromatic heterocycles. The Kier molecular flexibility index (Phi) is 6.71. The first kappa shape index (κ1) is 16.7. The second-order valence-corrected chi connectivity index (χ2v) is 4.85. The number of ether oxygens (including phenoxy) is 1. The van der Waals surface area contributed by atoms with Crippen molar-refractivity contribution in [3.05, 3.63) is 0 Å². The fraction of sp³-hybridized carbons (Fsp3) is 0.700. The average Bonchev–Trinajstić information content (AvgIpc) is 2.25. The highest BCUT2D eigenvalue weighted by atomic mass is 32.2. The van der Waals surface area contributed by atoms with Gasteiger partial charge in [0.2, 0.25) is 0 Å². The Morgan fingerprint density at radius 1 is 1.33 bits per heavy atom. The Bertz CT molecular complexity index is 326. The molecule has 2 unspecified atom stereocenters. The van der Waals surface area contributed by atoms with Gasteiger partial charge < -0.3 is 20.1 Å². The zero-order valence-corrected chi connectivity index (χ0v) is 10.9. The molecule has 3 N–H and O–H groups in total. The highest BCUT2D eigenvalue weighted by molar-refractivity contribution is 8.00. The molecule has 0 saturated heterocycles. The van der Waals surface area contributed by atoms with E-state index in [1.54, 1.807) is 6.92 Å². The summed E-state index contributed by atoms with van der Waals surface area (Å²) in [5.74, 6) is -4.35. The van der Waals surface area contributed by atoms with E-state index in [9.17, 15) is 19.5 Å². The Hall–Kier alpha value is -1.28. The average molecular weight is 280 g/mol. The second kappa shape index (κ2) is 7.22. The monoisotopic (exact) mass is 280 g/mol. The van der Waals surface area contributed by atoms with Crippen LogP contribution in [-0.4, -0.2) is 50.0 Å². The largest absolute Gasteiger partial charge is 0.481 e. The van der Waals surface area contributed by atoms with Gasteiger partial charge in [0.15, 0.2) is 0 Å². The van der Waals surface area contributed by atoms with E-state index in [0.29, 0.717) is 12.8 Å². The Morgan fingerprint density at radius 2 is 1.89 bits per heavy atom. The molecule has 0 spiro atoms. The van der Waals surface area contributed by atoms with Gasteiger partial charge in [-0.25, -0.2) is 9.59 Å². The van der Waals surface area contributed by atoms with E-state index in [1.165, 1.54) is 0 Å². The number of thioether (sulfide) groups is 1. The molecule has 0 saturated carbocycles. The van der Waals surface area contributed by atoms with Crippen LogP contribution < -0.4 is 0 Å².